The molecule has 0 atom stereocenters. The van der Waals surface area contributed by atoms with Crippen LogP contribution in [0.4, 0.5) is 20.2 Å². The first-order valence-corrected chi connectivity index (χ1v) is 13.4. The summed E-state index contributed by atoms with van der Waals surface area (Å²) in [6.45, 7) is 0. The van der Waals surface area contributed by atoms with Crippen LogP contribution >= 0.6 is 0 Å². The average molecular weight is 563 g/mol. The molecule has 0 radical (unpaired) electrons. The molecule has 0 spiro atoms. The van der Waals surface area contributed by atoms with Crippen LogP contribution in [0, 0.1) is 11.6 Å². The summed E-state index contributed by atoms with van der Waals surface area (Å²) in [5.74, 6) is -2.16. The molecule has 0 unspecified atom stereocenters. The monoisotopic (exact) mass is 562 g/mol. The van der Waals surface area contributed by atoms with Gasteiger partial charge in [-0.15, -0.1) is 0 Å². The molecule has 0 aliphatic heterocycles. The molecule has 210 valence electrons. The number of methoxy groups -OCH3 is 1. The molecule has 2 N–H and O–H groups in total. The summed E-state index contributed by atoms with van der Waals surface area (Å²) in [6.07, 6.45) is 0.727. The van der Waals surface area contributed by atoms with E-state index in [0.717, 1.165) is 11.1 Å². The van der Waals surface area contributed by atoms with Gasteiger partial charge in [-0.25, -0.2) is 8.78 Å². The third kappa shape index (κ3) is 6.53. The molecule has 2 amide bonds. The maximum atomic E-state index is 15.3. The topological polar surface area (TPSA) is 67.4 Å². The second kappa shape index (κ2) is 12.9. The van der Waals surface area contributed by atoms with Gasteiger partial charge in [0, 0.05) is 18.4 Å². The molecule has 7 heteroatoms. The number of ether oxygens (including phenoxy) is 1. The number of rotatable bonds is 9. The smallest absolute Gasteiger partial charge is 0.259 e. The minimum Gasteiger partial charge on any atom is -0.496 e. The molecule has 0 bridgehead atoms. The zero-order chi connectivity index (χ0) is 29.5. The van der Waals surface area contributed by atoms with E-state index in [1.165, 1.54) is 37.4 Å². The molecule has 5 aromatic carbocycles. The fourth-order valence-electron chi connectivity index (χ4n) is 4.67. The summed E-state index contributed by atoms with van der Waals surface area (Å²) in [4.78, 5) is 26.4. The van der Waals surface area contributed by atoms with Gasteiger partial charge < -0.3 is 15.4 Å². The van der Waals surface area contributed by atoms with E-state index in [-0.39, 0.29) is 28.3 Å². The van der Waals surface area contributed by atoms with Crippen LogP contribution in [0.25, 0.3) is 0 Å². The third-order valence-electron chi connectivity index (χ3n) is 6.83. The molecule has 0 saturated carbocycles. The lowest BCUT2D eigenvalue weighted by Crippen LogP contribution is -2.18. The Balaban J connectivity index is 1.35. The molecule has 0 aliphatic carbocycles. The minimum atomic E-state index is -0.659. The van der Waals surface area contributed by atoms with Crippen LogP contribution in [0.2, 0.25) is 0 Å². The summed E-state index contributed by atoms with van der Waals surface area (Å²) in [5, 5.41) is 5.20. The Bertz CT molecular complexity index is 1720. The lowest BCUT2D eigenvalue weighted by atomic mass is 10.0. The van der Waals surface area contributed by atoms with Crippen molar-refractivity contribution in [3.8, 4) is 5.75 Å². The van der Waals surface area contributed by atoms with Gasteiger partial charge in [-0.2, -0.15) is 0 Å². The van der Waals surface area contributed by atoms with Gasteiger partial charge in [-0.05, 0) is 52.6 Å². The Morgan fingerprint density at radius 2 is 1.12 bits per heavy atom. The molecule has 0 aliphatic rings. The van der Waals surface area contributed by atoms with Crippen LogP contribution < -0.4 is 15.4 Å². The van der Waals surface area contributed by atoms with E-state index in [0.29, 0.717) is 24.0 Å². The van der Waals surface area contributed by atoms with Crippen molar-refractivity contribution in [3.05, 3.63) is 160 Å². The van der Waals surface area contributed by atoms with Gasteiger partial charge in [-0.3, -0.25) is 9.59 Å². The Kier molecular flexibility index (Phi) is 8.68. The van der Waals surface area contributed by atoms with Crippen LogP contribution in [0.1, 0.15) is 43.0 Å². The maximum Gasteiger partial charge on any atom is 0.259 e. The summed E-state index contributed by atoms with van der Waals surface area (Å²) in [7, 11) is 1.39. The van der Waals surface area contributed by atoms with Gasteiger partial charge in [0.2, 0.25) is 0 Å². The van der Waals surface area contributed by atoms with Gasteiger partial charge >= 0.3 is 0 Å². The zero-order valence-corrected chi connectivity index (χ0v) is 22.9. The van der Waals surface area contributed by atoms with E-state index in [1.54, 1.807) is 24.3 Å². The largest absolute Gasteiger partial charge is 0.496 e. The fraction of sp³-hybridized carbons (Fsp3) is 0.0857. The number of nitrogens with one attached hydrogen (secondary N) is 2. The maximum absolute atomic E-state index is 15.3. The molecule has 0 heterocycles. The number of anilines is 2. The SMILES string of the molecule is COc1ccc(C(=O)Nc2cccc(Cc3ccccc3)c2F)cc1C(=O)Nc1cccc(Cc2ccccc2)c1F. The van der Waals surface area contributed by atoms with Crippen molar-refractivity contribution in [2.24, 2.45) is 0 Å². The van der Waals surface area contributed by atoms with E-state index in [9.17, 15) is 9.59 Å². The molecule has 0 saturated heterocycles. The number of carbonyl (C=O) groups is 2. The van der Waals surface area contributed by atoms with Crippen LogP contribution in [-0.4, -0.2) is 18.9 Å². The predicted octanol–water partition coefficient (Wildman–Crippen LogP) is 7.66. The van der Waals surface area contributed by atoms with Gasteiger partial charge in [-0.1, -0.05) is 84.9 Å². The van der Waals surface area contributed by atoms with Crippen LogP contribution in [-0.2, 0) is 12.8 Å². The van der Waals surface area contributed by atoms with E-state index < -0.39 is 23.4 Å². The van der Waals surface area contributed by atoms with Crippen molar-refractivity contribution in [2.75, 3.05) is 17.7 Å². The van der Waals surface area contributed by atoms with Crippen molar-refractivity contribution < 1.29 is 23.1 Å². The summed E-state index contributed by atoms with van der Waals surface area (Å²) >= 11 is 0. The molecule has 0 aromatic heterocycles. The average Bonchev–Trinajstić information content (AvgIpc) is 3.01. The van der Waals surface area contributed by atoms with Crippen LogP contribution in [0.15, 0.2) is 115 Å². The predicted molar refractivity (Wildman–Crippen MR) is 160 cm³/mol. The first-order valence-electron chi connectivity index (χ1n) is 13.4. The summed E-state index contributed by atoms with van der Waals surface area (Å²) in [5.41, 5.74) is 2.88. The lowest BCUT2D eigenvalue weighted by molar-refractivity contribution is 0.102. The van der Waals surface area contributed by atoms with Gasteiger partial charge in [0.05, 0.1) is 24.0 Å². The number of hydrogen-bond acceptors (Lipinski definition) is 3. The highest BCUT2D eigenvalue weighted by Gasteiger charge is 2.20. The molecular formula is C35H28F2N2O3. The zero-order valence-electron chi connectivity index (χ0n) is 22.9. The number of halogens is 2. The Labute approximate surface area is 242 Å². The summed E-state index contributed by atoms with van der Waals surface area (Å²) < 4.78 is 35.9. The second-order valence-corrected chi connectivity index (χ2v) is 9.71. The summed E-state index contributed by atoms with van der Waals surface area (Å²) in [6, 6.07) is 32.8. The standard InChI is InChI=1S/C35H28F2N2O3/c1-42-31-19-18-27(34(40)38-29-16-8-14-25(32(29)36)20-23-10-4-2-5-11-23)22-28(31)35(41)39-30-17-9-15-26(33(30)37)21-24-12-6-3-7-13-24/h2-19,22H,20-21H2,1H3,(H,38,40)(H,39,41). The van der Waals surface area contributed by atoms with Crippen molar-refractivity contribution >= 4 is 23.2 Å². The third-order valence-corrected chi connectivity index (χ3v) is 6.83. The number of hydrogen-bond donors (Lipinski definition) is 2. The van der Waals surface area contributed by atoms with E-state index >= 15 is 8.78 Å². The first-order chi connectivity index (χ1) is 20.4. The molecule has 0 fully saturated rings. The highest BCUT2D eigenvalue weighted by molar-refractivity contribution is 6.10. The Hall–Kier alpha value is -5.30. The quantitative estimate of drug-likeness (QED) is 0.194. The van der Waals surface area contributed by atoms with Crippen LogP contribution in [0.5, 0.6) is 5.75 Å². The van der Waals surface area contributed by atoms with Crippen molar-refractivity contribution in [2.45, 2.75) is 12.8 Å². The number of carbonyl (C=O) groups excluding carboxylic acids is 2. The number of amides is 2. The van der Waals surface area contributed by atoms with Crippen molar-refractivity contribution in [3.63, 3.8) is 0 Å². The van der Waals surface area contributed by atoms with Crippen LogP contribution in [0.3, 0.4) is 0 Å². The highest BCUT2D eigenvalue weighted by atomic mass is 19.1. The normalized spacial score (nSPS) is 10.6. The molecule has 42 heavy (non-hydrogen) atoms. The molecule has 5 nitrogen and oxygen atoms in total. The van der Waals surface area contributed by atoms with Crippen molar-refractivity contribution in [1.29, 1.82) is 0 Å². The Morgan fingerprint density at radius 3 is 1.62 bits per heavy atom. The Morgan fingerprint density at radius 1 is 0.619 bits per heavy atom. The fourth-order valence-corrected chi connectivity index (χ4v) is 4.67. The first kappa shape index (κ1) is 28.2. The van der Waals surface area contributed by atoms with E-state index in [4.69, 9.17) is 4.74 Å². The second-order valence-electron chi connectivity index (χ2n) is 9.71. The molecule has 5 aromatic rings. The van der Waals surface area contributed by atoms with E-state index in [1.807, 2.05) is 60.7 Å². The van der Waals surface area contributed by atoms with Crippen molar-refractivity contribution in [1.82, 2.24) is 0 Å². The minimum absolute atomic E-state index is 0.00245. The molecular weight excluding hydrogens is 534 g/mol. The number of benzene rings is 5. The van der Waals surface area contributed by atoms with Gasteiger partial charge in [0.15, 0.2) is 0 Å². The highest BCUT2D eigenvalue weighted by Crippen LogP contribution is 2.26. The van der Waals surface area contributed by atoms with Gasteiger partial charge in [0.25, 0.3) is 11.8 Å². The van der Waals surface area contributed by atoms with Gasteiger partial charge in [0.1, 0.15) is 17.4 Å². The lowest BCUT2D eigenvalue weighted by Gasteiger charge is -2.14. The van der Waals surface area contributed by atoms with E-state index in [2.05, 4.69) is 10.6 Å². The molecule has 5 rings (SSSR count).